The maximum Gasteiger partial charge on any atom is 0.306 e. The molecule has 0 N–H and O–H groups in total. The lowest BCUT2D eigenvalue weighted by Crippen LogP contribution is -2.06. The smallest absolute Gasteiger partial charge is 0.306 e. The molecule has 1 aromatic heterocycles. The zero-order chi connectivity index (χ0) is 22.3. The number of hydrogen-bond acceptors (Lipinski definition) is 6. The molecule has 0 aliphatic heterocycles. The Morgan fingerprint density at radius 2 is 1.53 bits per heavy atom. The first-order chi connectivity index (χ1) is 15.6. The zero-order valence-corrected chi connectivity index (χ0v) is 17.1. The van der Waals surface area contributed by atoms with Crippen molar-refractivity contribution in [2.24, 2.45) is 0 Å². The highest BCUT2D eigenvalue weighted by molar-refractivity contribution is 5.77. The average molecular weight is 428 g/mol. The van der Waals surface area contributed by atoms with E-state index in [4.69, 9.17) is 9.15 Å². The predicted molar refractivity (Wildman–Crippen MR) is 119 cm³/mol. The van der Waals surface area contributed by atoms with Crippen LogP contribution in [0.3, 0.4) is 0 Å². The Labute approximate surface area is 184 Å². The van der Waals surface area contributed by atoms with E-state index in [9.17, 15) is 14.9 Å². The van der Waals surface area contributed by atoms with E-state index in [1.807, 2.05) is 60.7 Å². The molecule has 0 aliphatic rings. The van der Waals surface area contributed by atoms with Crippen LogP contribution in [-0.2, 0) is 22.6 Å². The van der Waals surface area contributed by atoms with Crippen molar-refractivity contribution in [1.82, 2.24) is 4.98 Å². The highest BCUT2D eigenvalue weighted by Gasteiger charge is 2.17. The van der Waals surface area contributed by atoms with Gasteiger partial charge in [-0.3, -0.25) is 14.9 Å². The molecule has 7 nitrogen and oxygen atoms in total. The highest BCUT2D eigenvalue weighted by Crippen LogP contribution is 2.32. The Balaban J connectivity index is 1.42. The number of rotatable bonds is 8. The van der Waals surface area contributed by atoms with Gasteiger partial charge in [-0.1, -0.05) is 60.7 Å². The number of nitro groups is 1. The van der Waals surface area contributed by atoms with Gasteiger partial charge in [0.25, 0.3) is 5.69 Å². The molecule has 0 amide bonds. The molecular formula is C25H20N2O5. The number of esters is 1. The average Bonchev–Trinajstić information content (AvgIpc) is 3.27. The van der Waals surface area contributed by atoms with Crippen LogP contribution >= 0.6 is 0 Å². The van der Waals surface area contributed by atoms with E-state index in [0.29, 0.717) is 23.6 Å². The maximum atomic E-state index is 12.2. The minimum Gasteiger partial charge on any atom is -0.461 e. The fourth-order valence-electron chi connectivity index (χ4n) is 3.21. The van der Waals surface area contributed by atoms with Crippen LogP contribution in [0.4, 0.5) is 5.69 Å². The lowest BCUT2D eigenvalue weighted by molar-refractivity contribution is -0.384. The highest BCUT2D eigenvalue weighted by atomic mass is 16.6. The third kappa shape index (κ3) is 5.07. The number of oxazole rings is 1. The molecule has 7 heteroatoms. The number of nitro benzene ring substituents is 1. The number of aromatic nitrogens is 1. The third-order valence-corrected chi connectivity index (χ3v) is 4.84. The molecule has 0 saturated carbocycles. The SMILES string of the molecule is O=C(CCc1nc(-c2ccccc2)c(-c2ccccc2)o1)OCc1ccc([N+](=O)[O-])cc1. The summed E-state index contributed by atoms with van der Waals surface area (Å²) in [6, 6.07) is 25.3. The Morgan fingerprint density at radius 3 is 2.16 bits per heavy atom. The Morgan fingerprint density at radius 1 is 0.906 bits per heavy atom. The van der Waals surface area contributed by atoms with E-state index in [1.165, 1.54) is 12.1 Å². The Kier molecular flexibility index (Phi) is 6.36. The summed E-state index contributed by atoms with van der Waals surface area (Å²) in [7, 11) is 0. The van der Waals surface area contributed by atoms with Crippen LogP contribution in [0.5, 0.6) is 0 Å². The molecule has 4 aromatic rings. The number of carbonyl (C=O) groups is 1. The van der Waals surface area contributed by atoms with Crippen molar-refractivity contribution in [3.8, 4) is 22.6 Å². The minimum absolute atomic E-state index is 0.00703. The normalized spacial score (nSPS) is 10.6. The summed E-state index contributed by atoms with van der Waals surface area (Å²) in [4.78, 5) is 27.1. The van der Waals surface area contributed by atoms with E-state index < -0.39 is 10.9 Å². The molecule has 160 valence electrons. The topological polar surface area (TPSA) is 95.5 Å². The second-order valence-electron chi connectivity index (χ2n) is 7.10. The van der Waals surface area contributed by atoms with Crippen molar-refractivity contribution in [3.63, 3.8) is 0 Å². The van der Waals surface area contributed by atoms with E-state index in [-0.39, 0.29) is 18.7 Å². The molecule has 32 heavy (non-hydrogen) atoms. The van der Waals surface area contributed by atoms with E-state index in [2.05, 4.69) is 4.98 Å². The van der Waals surface area contributed by atoms with Crippen molar-refractivity contribution >= 4 is 11.7 Å². The molecule has 1 heterocycles. The van der Waals surface area contributed by atoms with Gasteiger partial charge in [-0.25, -0.2) is 4.98 Å². The van der Waals surface area contributed by atoms with Crippen molar-refractivity contribution in [2.75, 3.05) is 0 Å². The van der Waals surface area contributed by atoms with E-state index in [1.54, 1.807) is 12.1 Å². The van der Waals surface area contributed by atoms with Crippen LogP contribution in [0.1, 0.15) is 17.9 Å². The molecular weight excluding hydrogens is 408 g/mol. The van der Waals surface area contributed by atoms with Crippen molar-refractivity contribution in [3.05, 3.63) is 106 Å². The molecule has 3 aromatic carbocycles. The number of carbonyl (C=O) groups excluding carboxylic acids is 1. The predicted octanol–water partition coefficient (Wildman–Crippen LogP) is 5.59. The van der Waals surface area contributed by atoms with Gasteiger partial charge in [0.15, 0.2) is 11.7 Å². The summed E-state index contributed by atoms with van der Waals surface area (Å²) in [5, 5.41) is 10.7. The molecule has 4 rings (SSSR count). The Bertz CT molecular complexity index is 1150. The lowest BCUT2D eigenvalue weighted by Gasteiger charge is -2.04. The lowest BCUT2D eigenvalue weighted by atomic mass is 10.1. The summed E-state index contributed by atoms with van der Waals surface area (Å²) in [6.07, 6.45) is 0.404. The van der Waals surface area contributed by atoms with Gasteiger partial charge >= 0.3 is 5.97 Å². The maximum absolute atomic E-state index is 12.2. The van der Waals surface area contributed by atoms with Gasteiger partial charge in [0.05, 0.1) is 11.3 Å². The number of non-ortho nitro benzene ring substituents is 1. The third-order valence-electron chi connectivity index (χ3n) is 4.84. The molecule has 0 unspecified atom stereocenters. The van der Waals surface area contributed by atoms with Gasteiger partial charge in [0.1, 0.15) is 12.3 Å². The van der Waals surface area contributed by atoms with Crippen molar-refractivity contribution in [2.45, 2.75) is 19.4 Å². The minimum atomic E-state index is -0.473. The number of nitrogens with zero attached hydrogens (tertiary/aromatic N) is 2. The van der Waals surface area contributed by atoms with Crippen LogP contribution in [0.25, 0.3) is 22.6 Å². The van der Waals surface area contributed by atoms with Crippen molar-refractivity contribution in [1.29, 1.82) is 0 Å². The van der Waals surface area contributed by atoms with Gasteiger partial charge in [-0.15, -0.1) is 0 Å². The quantitative estimate of drug-likeness (QED) is 0.206. The van der Waals surface area contributed by atoms with Gasteiger partial charge in [0, 0.05) is 29.7 Å². The first-order valence-corrected chi connectivity index (χ1v) is 10.1. The molecule has 0 aliphatic carbocycles. The summed E-state index contributed by atoms with van der Waals surface area (Å²) in [5.41, 5.74) is 3.24. The van der Waals surface area contributed by atoms with Crippen LogP contribution < -0.4 is 0 Å². The summed E-state index contributed by atoms with van der Waals surface area (Å²) < 4.78 is 11.3. The summed E-state index contributed by atoms with van der Waals surface area (Å²) in [5.74, 6) is 0.713. The van der Waals surface area contributed by atoms with Gasteiger partial charge in [0.2, 0.25) is 0 Å². The molecule has 0 bridgehead atoms. The summed E-state index contributed by atoms with van der Waals surface area (Å²) in [6.45, 7) is 0.0486. The van der Waals surface area contributed by atoms with Crippen LogP contribution in [-0.4, -0.2) is 15.9 Å². The first kappa shape index (κ1) is 21.0. The fourth-order valence-corrected chi connectivity index (χ4v) is 3.21. The Hall–Kier alpha value is -4.26. The standard InChI is InChI=1S/C25H20N2O5/c28-23(31-17-18-11-13-21(14-12-18)27(29)30)16-15-22-26-24(19-7-3-1-4-8-19)25(32-22)20-9-5-2-6-10-20/h1-14H,15-17H2. The molecule has 0 fully saturated rings. The van der Waals surface area contributed by atoms with Crippen LogP contribution in [0.2, 0.25) is 0 Å². The van der Waals surface area contributed by atoms with Crippen molar-refractivity contribution < 1.29 is 18.9 Å². The molecule has 0 spiro atoms. The number of ether oxygens (including phenoxy) is 1. The van der Waals surface area contributed by atoms with E-state index in [0.717, 1.165) is 16.8 Å². The van der Waals surface area contributed by atoms with Gasteiger partial charge < -0.3 is 9.15 Å². The summed E-state index contributed by atoms with van der Waals surface area (Å²) >= 11 is 0. The molecule has 0 radical (unpaired) electrons. The van der Waals surface area contributed by atoms with Gasteiger partial charge in [-0.05, 0) is 17.7 Å². The number of hydrogen-bond donors (Lipinski definition) is 0. The molecule has 0 atom stereocenters. The first-order valence-electron chi connectivity index (χ1n) is 10.1. The largest absolute Gasteiger partial charge is 0.461 e. The molecule has 0 saturated heterocycles. The van der Waals surface area contributed by atoms with Gasteiger partial charge in [-0.2, -0.15) is 0 Å². The second-order valence-corrected chi connectivity index (χ2v) is 7.10. The van der Waals surface area contributed by atoms with Crippen LogP contribution in [0.15, 0.2) is 89.3 Å². The van der Waals surface area contributed by atoms with E-state index >= 15 is 0 Å². The number of aryl methyl sites for hydroxylation is 1. The van der Waals surface area contributed by atoms with Crippen LogP contribution in [0, 0.1) is 10.1 Å². The monoisotopic (exact) mass is 428 g/mol. The zero-order valence-electron chi connectivity index (χ0n) is 17.1. The second kappa shape index (κ2) is 9.70. The fraction of sp³-hybridized carbons (Fsp3) is 0.120. The number of benzene rings is 3.